The number of carbonyl (C=O) groups excluding carboxylic acids is 1. The monoisotopic (exact) mass is 555 g/mol. The molecule has 0 amide bonds. The van der Waals surface area contributed by atoms with Gasteiger partial charge in [-0.2, -0.15) is 0 Å². The number of Topliss-reactive ketones (excluding diaryl/α,β-unsaturated/α-hetero) is 1. The van der Waals surface area contributed by atoms with Gasteiger partial charge in [0.25, 0.3) is 0 Å². The van der Waals surface area contributed by atoms with Gasteiger partial charge in [-0.1, -0.05) is 0 Å². The Hall–Kier alpha value is -1.19. The predicted octanol–water partition coefficient (Wildman–Crippen LogP) is 4.67. The standard InChI is InChI=1S/C19H15ClNO3S2.2CH3.Sn.H/c1-2-17(22)19-16(12-5-9-15(10-6-12)26(21,23)24)11-18(25-19)13-3-7-14(20)8-4-13;;;;/h3-10H,2H2,1H3,(H2,21,23,24);2*1H3;;. The van der Waals surface area contributed by atoms with Crippen LogP contribution in [0.4, 0.5) is 0 Å². The fourth-order valence-corrected chi connectivity index (χ4v) is 12.1. The summed E-state index contributed by atoms with van der Waals surface area (Å²) in [6, 6.07) is 14.2. The van der Waals surface area contributed by atoms with Crippen LogP contribution < -0.4 is 8.72 Å². The van der Waals surface area contributed by atoms with Gasteiger partial charge in [-0.25, -0.2) is 0 Å². The third-order valence-corrected chi connectivity index (χ3v) is 12.7. The zero-order valence-corrected chi connectivity index (χ0v) is 22.1. The van der Waals surface area contributed by atoms with Gasteiger partial charge in [0.1, 0.15) is 0 Å². The van der Waals surface area contributed by atoms with E-state index in [4.69, 9.17) is 16.7 Å². The molecule has 0 aliphatic heterocycles. The van der Waals surface area contributed by atoms with Crippen molar-refractivity contribution in [3.63, 3.8) is 0 Å². The van der Waals surface area contributed by atoms with E-state index < -0.39 is 29.8 Å². The molecule has 0 saturated heterocycles. The summed E-state index contributed by atoms with van der Waals surface area (Å²) in [6.07, 6.45) is 0.413. The van der Waals surface area contributed by atoms with Gasteiger partial charge in [0.2, 0.25) is 0 Å². The van der Waals surface area contributed by atoms with Crippen molar-refractivity contribution < 1.29 is 13.2 Å². The van der Waals surface area contributed by atoms with Crippen LogP contribution in [0.25, 0.3) is 21.6 Å². The van der Waals surface area contributed by atoms with Gasteiger partial charge in [-0.15, -0.1) is 0 Å². The molecule has 2 N–H and O–H groups in total. The van der Waals surface area contributed by atoms with Crippen LogP contribution in [0, 0.1) is 0 Å². The molecular weight excluding hydrogens is 533 g/mol. The zero-order valence-electron chi connectivity index (χ0n) is 16.4. The molecule has 0 radical (unpaired) electrons. The van der Waals surface area contributed by atoms with Crippen molar-refractivity contribution in [3.05, 3.63) is 58.4 Å². The Bertz CT molecular complexity index is 1150. The summed E-state index contributed by atoms with van der Waals surface area (Å²) < 4.78 is 24.5. The normalized spacial score (nSPS) is 11.8. The molecule has 0 bridgehead atoms. The molecular formula is C21H22ClNO3S2Sn. The van der Waals surface area contributed by atoms with Crippen LogP contribution in [0.3, 0.4) is 0 Å². The minimum absolute atomic E-state index is 0.0624. The molecule has 0 aliphatic carbocycles. The van der Waals surface area contributed by atoms with Crippen molar-refractivity contribution in [3.8, 4) is 21.6 Å². The molecule has 2 aromatic carbocycles. The number of thiophene rings is 1. The third-order valence-electron chi connectivity index (χ3n) is 4.67. The summed E-state index contributed by atoms with van der Waals surface area (Å²) >= 11 is 5.46. The molecule has 0 unspecified atom stereocenters. The van der Waals surface area contributed by atoms with Crippen LogP contribution in [0.1, 0.15) is 23.0 Å². The van der Waals surface area contributed by atoms with Gasteiger partial charge >= 0.3 is 189 Å². The first kappa shape index (κ1) is 22.5. The number of hydrogen-bond acceptors (Lipinski definition) is 4. The van der Waals surface area contributed by atoms with E-state index in [1.54, 1.807) is 12.1 Å². The van der Waals surface area contributed by atoms with Crippen LogP contribution >= 0.6 is 22.9 Å². The molecule has 29 heavy (non-hydrogen) atoms. The summed E-state index contributed by atoms with van der Waals surface area (Å²) in [4.78, 5) is 19.3. The van der Waals surface area contributed by atoms with E-state index in [9.17, 15) is 13.2 Å². The summed E-state index contributed by atoms with van der Waals surface area (Å²) in [5, 5.41) is 5.91. The van der Waals surface area contributed by atoms with E-state index in [0.717, 1.165) is 26.4 Å². The number of carbonyl (C=O) groups is 1. The van der Waals surface area contributed by atoms with Gasteiger partial charge in [0.15, 0.2) is 0 Å². The molecule has 3 rings (SSSR count). The third kappa shape index (κ3) is 4.77. The molecule has 1 heterocycles. The molecule has 152 valence electrons. The summed E-state index contributed by atoms with van der Waals surface area (Å²) in [5.74, 6) is 0.0916. The van der Waals surface area contributed by atoms with Gasteiger partial charge in [-0.05, 0) is 0 Å². The van der Waals surface area contributed by atoms with Crippen molar-refractivity contribution in [2.24, 2.45) is 5.14 Å². The van der Waals surface area contributed by atoms with E-state index >= 15 is 0 Å². The summed E-state index contributed by atoms with van der Waals surface area (Å²) in [6.45, 7) is 1.86. The topological polar surface area (TPSA) is 77.2 Å². The molecule has 8 heteroatoms. The Kier molecular flexibility index (Phi) is 6.90. The minimum atomic E-state index is -3.76. The van der Waals surface area contributed by atoms with Gasteiger partial charge in [0.05, 0.1) is 0 Å². The Labute approximate surface area is 187 Å². The van der Waals surface area contributed by atoms with E-state index in [2.05, 4.69) is 9.88 Å². The maximum atomic E-state index is 12.8. The SMILES string of the molecule is CCC(=O)c1sc(-c2ccc(Cl)cc2)[c]([SnH]([CH3])[CH3])c1-c1ccc(S(N)(=O)=O)cc1. The first-order valence-corrected chi connectivity index (χ1v) is 20.2. The fraction of sp³-hybridized carbons (Fsp3) is 0.190. The van der Waals surface area contributed by atoms with E-state index in [0.29, 0.717) is 11.4 Å². The average Bonchev–Trinajstić information content (AvgIpc) is 3.08. The van der Waals surface area contributed by atoms with Crippen molar-refractivity contribution in [2.75, 3.05) is 0 Å². The molecule has 0 atom stereocenters. The number of primary sulfonamides is 1. The number of sulfonamides is 1. The first-order valence-electron chi connectivity index (χ1n) is 9.22. The molecule has 0 fully saturated rings. The number of hydrogen-bond donors (Lipinski definition) is 1. The Balaban J connectivity index is 2.29. The number of ketones is 1. The van der Waals surface area contributed by atoms with Crippen LogP contribution in [-0.4, -0.2) is 34.0 Å². The van der Waals surface area contributed by atoms with Crippen molar-refractivity contribution in [1.82, 2.24) is 0 Å². The van der Waals surface area contributed by atoms with E-state index in [1.165, 1.54) is 27.0 Å². The van der Waals surface area contributed by atoms with Gasteiger partial charge in [0, 0.05) is 0 Å². The number of halogens is 1. The van der Waals surface area contributed by atoms with Crippen molar-refractivity contribution in [2.45, 2.75) is 28.1 Å². The van der Waals surface area contributed by atoms with E-state index in [1.807, 2.05) is 31.2 Å². The second-order valence-corrected chi connectivity index (χ2v) is 18.3. The maximum absolute atomic E-state index is 12.8. The number of rotatable bonds is 6. The average molecular weight is 555 g/mol. The second-order valence-electron chi connectivity index (χ2n) is 7.06. The second kappa shape index (κ2) is 8.89. The molecule has 0 saturated carbocycles. The molecule has 3 aromatic rings. The number of nitrogens with two attached hydrogens (primary N) is 1. The van der Waals surface area contributed by atoms with Crippen molar-refractivity contribution >= 4 is 62.1 Å². The van der Waals surface area contributed by atoms with Crippen LogP contribution in [-0.2, 0) is 10.0 Å². The summed E-state index contributed by atoms with van der Waals surface area (Å²) in [7, 11) is -3.76. The Morgan fingerprint density at radius 1 is 1.03 bits per heavy atom. The number of benzene rings is 2. The van der Waals surface area contributed by atoms with Crippen molar-refractivity contribution in [1.29, 1.82) is 0 Å². The van der Waals surface area contributed by atoms with Gasteiger partial charge < -0.3 is 0 Å². The molecule has 1 aromatic heterocycles. The predicted molar refractivity (Wildman–Crippen MR) is 125 cm³/mol. The van der Waals surface area contributed by atoms with Gasteiger partial charge in [-0.3, -0.25) is 0 Å². The molecule has 0 aliphatic rings. The molecule has 0 spiro atoms. The van der Waals surface area contributed by atoms with E-state index in [-0.39, 0.29) is 10.7 Å². The summed E-state index contributed by atoms with van der Waals surface area (Å²) in [5.41, 5.74) is 2.86. The van der Waals surface area contributed by atoms with Crippen LogP contribution in [0.2, 0.25) is 14.9 Å². The Morgan fingerprint density at radius 2 is 1.59 bits per heavy atom. The quantitative estimate of drug-likeness (QED) is 0.355. The first-order chi connectivity index (χ1) is 13.6. The Morgan fingerprint density at radius 3 is 2.07 bits per heavy atom. The van der Waals surface area contributed by atoms with Crippen LogP contribution in [0.15, 0.2) is 53.4 Å². The molecule has 4 nitrogen and oxygen atoms in total. The van der Waals surface area contributed by atoms with Crippen LogP contribution in [0.5, 0.6) is 0 Å². The zero-order chi connectivity index (χ0) is 21.3. The fourth-order valence-electron chi connectivity index (χ4n) is 3.27.